The Bertz CT molecular complexity index is 1060. The van der Waals surface area contributed by atoms with Crippen molar-refractivity contribution in [3.63, 3.8) is 0 Å². The summed E-state index contributed by atoms with van der Waals surface area (Å²) in [6.07, 6.45) is 5.55. The van der Waals surface area contributed by atoms with Gasteiger partial charge in [-0.05, 0) is 41.3 Å². The van der Waals surface area contributed by atoms with Crippen LogP contribution in [0.25, 0.3) is 0 Å². The van der Waals surface area contributed by atoms with E-state index in [1.165, 1.54) is 0 Å². The molecule has 0 saturated heterocycles. The van der Waals surface area contributed by atoms with Crippen molar-refractivity contribution < 1.29 is 24.2 Å². The Kier molecular flexibility index (Phi) is 5.93. The molecule has 1 heterocycles. The average molecular weight is 472 g/mol. The van der Waals surface area contributed by atoms with E-state index in [1.807, 2.05) is 32.0 Å². The zero-order chi connectivity index (χ0) is 22.1. The summed E-state index contributed by atoms with van der Waals surface area (Å²) < 4.78 is 11.3. The van der Waals surface area contributed by atoms with Crippen LogP contribution in [0.2, 0.25) is 0 Å². The molecule has 2 aromatic rings. The van der Waals surface area contributed by atoms with E-state index in [0.717, 1.165) is 10.0 Å². The number of rotatable bonds is 6. The van der Waals surface area contributed by atoms with Crippen LogP contribution in [-0.4, -0.2) is 29.7 Å². The molecule has 0 saturated carbocycles. The first-order valence-electron chi connectivity index (χ1n) is 9.25. The zero-order valence-corrected chi connectivity index (χ0v) is 18.5. The van der Waals surface area contributed by atoms with Crippen molar-refractivity contribution in [3.05, 3.63) is 57.6 Å². The maximum absolute atomic E-state index is 12.9. The molecule has 0 radical (unpaired) electrons. The molecule has 2 aromatic carbocycles. The van der Waals surface area contributed by atoms with Gasteiger partial charge in [0, 0.05) is 22.1 Å². The molecule has 156 valence electrons. The summed E-state index contributed by atoms with van der Waals surface area (Å²) in [6.45, 7) is 3.91. The van der Waals surface area contributed by atoms with Crippen LogP contribution in [0.5, 0.6) is 5.75 Å². The third-order valence-electron chi connectivity index (χ3n) is 5.15. The molecule has 1 aliphatic rings. The molecule has 1 unspecified atom stereocenters. The largest absolute Gasteiger partial charge is 0.496 e. The van der Waals surface area contributed by atoms with Crippen LogP contribution in [0.15, 0.2) is 40.9 Å². The van der Waals surface area contributed by atoms with Crippen molar-refractivity contribution >= 4 is 33.5 Å². The summed E-state index contributed by atoms with van der Waals surface area (Å²) >= 11 is 3.41. The number of amides is 1. The van der Waals surface area contributed by atoms with E-state index in [9.17, 15) is 14.7 Å². The molecule has 1 atom stereocenters. The Balaban J connectivity index is 1.84. The fourth-order valence-electron chi connectivity index (χ4n) is 3.60. The highest BCUT2D eigenvalue weighted by Crippen LogP contribution is 2.39. The van der Waals surface area contributed by atoms with E-state index in [4.69, 9.17) is 15.9 Å². The maximum Gasteiger partial charge on any atom is 0.338 e. The normalized spacial score (nSPS) is 14.9. The second kappa shape index (κ2) is 8.13. The molecular formula is C23H22BrNO5. The summed E-state index contributed by atoms with van der Waals surface area (Å²) in [5.74, 6) is 1.75. The minimum atomic E-state index is -2.06. The van der Waals surface area contributed by atoms with Gasteiger partial charge in [-0.15, -0.1) is 6.42 Å². The van der Waals surface area contributed by atoms with Crippen molar-refractivity contribution in [1.29, 1.82) is 0 Å². The molecule has 30 heavy (non-hydrogen) atoms. The molecule has 0 fully saturated rings. The van der Waals surface area contributed by atoms with Crippen molar-refractivity contribution in [3.8, 4) is 18.1 Å². The Labute approximate surface area is 183 Å². The van der Waals surface area contributed by atoms with Crippen LogP contribution in [-0.2, 0) is 21.6 Å². The number of fused-ring (bicyclic) bond motifs is 1. The lowest BCUT2D eigenvalue weighted by Gasteiger charge is -2.33. The lowest BCUT2D eigenvalue weighted by Crippen LogP contribution is -2.46. The molecular weight excluding hydrogens is 450 g/mol. The Morgan fingerprint density at radius 1 is 1.33 bits per heavy atom. The second-order valence-electron chi connectivity index (χ2n) is 7.81. The van der Waals surface area contributed by atoms with Crippen LogP contribution >= 0.6 is 15.9 Å². The highest BCUT2D eigenvalue weighted by atomic mass is 79.9. The van der Waals surface area contributed by atoms with Gasteiger partial charge >= 0.3 is 5.97 Å². The number of hydrogen-bond acceptors (Lipinski definition) is 5. The van der Waals surface area contributed by atoms with Gasteiger partial charge in [-0.25, -0.2) is 4.79 Å². The van der Waals surface area contributed by atoms with Crippen LogP contribution in [0.4, 0.5) is 5.69 Å². The number of cyclic esters (lactones) is 1. The van der Waals surface area contributed by atoms with Gasteiger partial charge in [0.1, 0.15) is 12.4 Å². The minimum absolute atomic E-state index is 0.0349. The Morgan fingerprint density at radius 3 is 2.73 bits per heavy atom. The summed E-state index contributed by atoms with van der Waals surface area (Å²) in [7, 11) is 1.56. The molecule has 1 amide bonds. The third-order valence-corrected chi connectivity index (χ3v) is 5.64. The Morgan fingerprint density at radius 2 is 2.07 bits per heavy atom. The van der Waals surface area contributed by atoms with Crippen LogP contribution in [0.1, 0.15) is 41.8 Å². The molecule has 2 N–H and O–H groups in total. The number of esters is 1. The van der Waals surface area contributed by atoms with Crippen LogP contribution in [0.3, 0.4) is 0 Å². The number of halogens is 1. The van der Waals surface area contributed by atoms with Gasteiger partial charge in [0.25, 0.3) is 5.91 Å². The molecule has 1 aliphatic heterocycles. The summed E-state index contributed by atoms with van der Waals surface area (Å²) in [6, 6.07) is 10.3. The predicted octanol–water partition coefficient (Wildman–Crippen LogP) is 3.80. The number of carbonyl (C=O) groups excluding carboxylic acids is 2. The number of benzene rings is 2. The van der Waals surface area contributed by atoms with Crippen molar-refractivity contribution in [1.82, 2.24) is 0 Å². The summed E-state index contributed by atoms with van der Waals surface area (Å²) in [4.78, 5) is 24.5. The summed E-state index contributed by atoms with van der Waals surface area (Å²) in [5, 5.41) is 13.7. The van der Waals surface area contributed by atoms with Gasteiger partial charge in [0.15, 0.2) is 0 Å². The van der Waals surface area contributed by atoms with Gasteiger partial charge < -0.3 is 19.9 Å². The first-order valence-corrected chi connectivity index (χ1v) is 10.0. The molecule has 3 rings (SSSR count). The minimum Gasteiger partial charge on any atom is -0.496 e. The number of hydrogen-bond donors (Lipinski definition) is 2. The smallest absolute Gasteiger partial charge is 0.338 e. The standard InChI is InChI=1S/C23H22BrNO5/c1-5-23(28,13-22(2,3)18-9-6-15(24)11-19(18)29-4)21(27)25-16-7-8-17-14(10-16)12-30-20(17)26/h1,6-11,28H,12-13H2,2-4H3,(H,25,27). The number of terminal acetylenes is 1. The lowest BCUT2D eigenvalue weighted by molar-refractivity contribution is -0.130. The van der Waals surface area contributed by atoms with Crippen molar-refractivity contribution in [2.75, 3.05) is 12.4 Å². The van der Waals surface area contributed by atoms with E-state index in [0.29, 0.717) is 22.6 Å². The van der Waals surface area contributed by atoms with E-state index in [1.54, 1.807) is 25.3 Å². The number of carbonyl (C=O) groups is 2. The van der Waals surface area contributed by atoms with E-state index in [2.05, 4.69) is 27.2 Å². The highest BCUT2D eigenvalue weighted by molar-refractivity contribution is 9.10. The average Bonchev–Trinajstić information content (AvgIpc) is 3.07. The highest BCUT2D eigenvalue weighted by Gasteiger charge is 2.41. The van der Waals surface area contributed by atoms with Gasteiger partial charge in [0.05, 0.1) is 12.7 Å². The van der Waals surface area contributed by atoms with Crippen LogP contribution in [0, 0.1) is 12.3 Å². The van der Waals surface area contributed by atoms with Crippen LogP contribution < -0.4 is 10.1 Å². The SMILES string of the molecule is C#CC(O)(CC(C)(C)c1ccc(Br)cc1OC)C(=O)Nc1ccc2c(c1)COC2=O. The molecule has 0 bridgehead atoms. The van der Waals surface area contributed by atoms with E-state index < -0.39 is 22.9 Å². The molecule has 0 aliphatic carbocycles. The molecule has 7 heteroatoms. The number of methoxy groups -OCH3 is 1. The topological polar surface area (TPSA) is 84.9 Å². The fourth-order valence-corrected chi connectivity index (χ4v) is 3.94. The maximum atomic E-state index is 12.9. The summed E-state index contributed by atoms with van der Waals surface area (Å²) in [5.41, 5.74) is -0.381. The van der Waals surface area contributed by atoms with E-state index >= 15 is 0 Å². The van der Waals surface area contributed by atoms with Crippen molar-refractivity contribution in [2.45, 2.75) is 37.9 Å². The van der Waals surface area contributed by atoms with Gasteiger partial charge in [-0.2, -0.15) is 0 Å². The predicted molar refractivity (Wildman–Crippen MR) is 116 cm³/mol. The third kappa shape index (κ3) is 4.20. The molecule has 6 nitrogen and oxygen atoms in total. The Hall–Kier alpha value is -2.82. The van der Waals surface area contributed by atoms with Crippen molar-refractivity contribution in [2.24, 2.45) is 0 Å². The monoisotopic (exact) mass is 471 g/mol. The van der Waals surface area contributed by atoms with Gasteiger partial charge in [0.2, 0.25) is 5.60 Å². The number of anilines is 1. The quantitative estimate of drug-likeness (QED) is 0.494. The number of aliphatic hydroxyl groups is 1. The van der Waals surface area contributed by atoms with Gasteiger partial charge in [-0.3, -0.25) is 4.79 Å². The molecule has 0 aromatic heterocycles. The van der Waals surface area contributed by atoms with E-state index in [-0.39, 0.29) is 13.0 Å². The first kappa shape index (κ1) is 21.9. The number of ether oxygens (including phenoxy) is 2. The van der Waals surface area contributed by atoms with Gasteiger partial charge in [-0.1, -0.05) is 41.8 Å². The second-order valence-corrected chi connectivity index (χ2v) is 8.73. The number of nitrogens with one attached hydrogen (secondary N) is 1. The fraction of sp³-hybridized carbons (Fsp3) is 0.304. The zero-order valence-electron chi connectivity index (χ0n) is 16.9. The lowest BCUT2D eigenvalue weighted by atomic mass is 9.74. The molecule has 0 spiro atoms. The first-order chi connectivity index (χ1) is 14.1.